The second-order valence-corrected chi connectivity index (χ2v) is 13.0. The molecule has 2 aromatic heterocycles. The third kappa shape index (κ3) is 4.62. The van der Waals surface area contributed by atoms with Crippen LogP contribution < -0.4 is 4.90 Å². The summed E-state index contributed by atoms with van der Waals surface area (Å²) in [5, 5.41) is 4.66. The summed E-state index contributed by atoms with van der Waals surface area (Å²) in [6.07, 6.45) is 0. The first-order chi connectivity index (χ1) is 27.2. The van der Waals surface area contributed by atoms with Crippen molar-refractivity contribution in [3.63, 3.8) is 0 Å². The molecule has 0 saturated heterocycles. The topological polar surface area (TPSA) is 16.4 Å². The maximum Gasteiger partial charge on any atom is 0.136 e. The Labute approximate surface area is 297 Å². The van der Waals surface area contributed by atoms with Crippen LogP contribution in [0.25, 0.3) is 75.1 Å². The molecule has 0 spiro atoms. The second-order valence-electron chi connectivity index (χ2n) is 12.0. The van der Waals surface area contributed by atoms with E-state index >= 15 is 0 Å². The molecule has 0 fully saturated rings. The smallest absolute Gasteiger partial charge is 0.136 e. The number of fused-ring (bicyclic) bond motifs is 7. The lowest BCUT2D eigenvalue weighted by Gasteiger charge is -2.26. The summed E-state index contributed by atoms with van der Waals surface area (Å²) in [6.45, 7) is 0. The van der Waals surface area contributed by atoms with Gasteiger partial charge < -0.3 is 9.32 Å². The first-order valence-electron chi connectivity index (χ1n) is 19.5. The van der Waals surface area contributed by atoms with Crippen LogP contribution in [0, 0.1) is 0 Å². The number of hydrogen-bond donors (Lipinski definition) is 0. The van der Waals surface area contributed by atoms with Gasteiger partial charge in [0.2, 0.25) is 0 Å². The molecular weight excluding hydrogens is 615 g/mol. The summed E-state index contributed by atoms with van der Waals surface area (Å²) in [5.41, 5.74) is 7.17. The third-order valence-corrected chi connectivity index (χ3v) is 10.2. The van der Waals surface area contributed by atoms with E-state index in [1.165, 1.54) is 0 Å². The largest absolute Gasteiger partial charge is 0.456 e. The standard InChI is InChI=1S/C46H29NOS/c1-2-11-36-30(9-1)10-7-14-37(36)31-19-23-33(24-20-31)47(35-27-28-40-39-12-4-6-18-44(39)49-45(40)29-35)34-25-21-32(22-26-34)38-15-8-17-43-46(38)41-13-3-5-16-42(41)48-43/h1-29H/i4D,6D,12D,18D,27D,28D,29D. The van der Waals surface area contributed by atoms with E-state index in [0.29, 0.717) is 16.1 Å². The molecule has 10 aromatic rings. The highest BCUT2D eigenvalue weighted by Gasteiger charge is 2.17. The second kappa shape index (κ2) is 11.2. The number of furan rings is 1. The minimum Gasteiger partial charge on any atom is -0.456 e. The molecule has 0 bridgehead atoms. The summed E-state index contributed by atoms with van der Waals surface area (Å²) in [6, 6.07) is 42.6. The Kier molecular flexibility index (Phi) is 4.96. The average Bonchev–Trinajstić information content (AvgIpc) is 3.83. The van der Waals surface area contributed by atoms with Crippen LogP contribution in [0.2, 0.25) is 0 Å². The average molecular weight is 651 g/mol. The molecule has 8 aromatic carbocycles. The first-order valence-corrected chi connectivity index (χ1v) is 16.8. The van der Waals surface area contributed by atoms with Gasteiger partial charge in [-0.2, -0.15) is 0 Å². The Morgan fingerprint density at radius 1 is 0.469 bits per heavy atom. The lowest BCUT2D eigenvalue weighted by molar-refractivity contribution is 0.669. The summed E-state index contributed by atoms with van der Waals surface area (Å²) < 4.78 is 69.0. The van der Waals surface area contributed by atoms with Gasteiger partial charge in [-0.25, -0.2) is 0 Å². The van der Waals surface area contributed by atoms with E-state index in [1.807, 2.05) is 102 Å². The van der Waals surface area contributed by atoms with Crippen LogP contribution in [0.5, 0.6) is 0 Å². The summed E-state index contributed by atoms with van der Waals surface area (Å²) in [4.78, 5) is 1.83. The van der Waals surface area contributed by atoms with Gasteiger partial charge in [-0.3, -0.25) is 0 Å². The van der Waals surface area contributed by atoms with Gasteiger partial charge in [0.15, 0.2) is 0 Å². The maximum atomic E-state index is 9.62. The highest BCUT2D eigenvalue weighted by molar-refractivity contribution is 7.25. The molecule has 10 rings (SSSR count). The van der Waals surface area contributed by atoms with Crippen LogP contribution >= 0.6 is 11.3 Å². The molecule has 0 amide bonds. The Bertz CT molecular complexity index is 3220. The Hall–Kier alpha value is -6.16. The van der Waals surface area contributed by atoms with Crippen LogP contribution in [0.4, 0.5) is 17.1 Å². The van der Waals surface area contributed by atoms with Crippen molar-refractivity contribution in [3.8, 4) is 22.3 Å². The molecule has 0 N–H and O–H groups in total. The molecule has 0 atom stereocenters. The molecule has 0 radical (unpaired) electrons. The lowest BCUT2D eigenvalue weighted by Crippen LogP contribution is -2.09. The number of benzene rings is 8. The predicted octanol–water partition coefficient (Wildman–Crippen LogP) is 13.9. The molecular formula is C46H29NOS. The molecule has 3 heteroatoms. The monoisotopic (exact) mass is 650 g/mol. The quantitative estimate of drug-likeness (QED) is 0.184. The molecule has 0 aliphatic carbocycles. The Morgan fingerprint density at radius 3 is 1.94 bits per heavy atom. The maximum absolute atomic E-state index is 9.62. The first kappa shape index (κ1) is 21.7. The van der Waals surface area contributed by atoms with Gasteiger partial charge in [-0.15, -0.1) is 11.3 Å². The number of nitrogens with zero attached hydrogens (tertiary/aromatic N) is 1. The van der Waals surface area contributed by atoms with Gasteiger partial charge >= 0.3 is 0 Å². The van der Waals surface area contributed by atoms with E-state index < -0.39 is 6.04 Å². The summed E-state index contributed by atoms with van der Waals surface area (Å²) in [7, 11) is 0. The normalized spacial score (nSPS) is 13.7. The van der Waals surface area contributed by atoms with E-state index in [2.05, 4.69) is 36.4 Å². The van der Waals surface area contributed by atoms with Crippen molar-refractivity contribution in [1.82, 2.24) is 0 Å². The fourth-order valence-corrected chi connectivity index (χ4v) is 7.84. The molecule has 2 nitrogen and oxygen atoms in total. The summed E-state index contributed by atoms with van der Waals surface area (Å²) >= 11 is 1.06. The van der Waals surface area contributed by atoms with E-state index in [1.54, 1.807) is 0 Å². The van der Waals surface area contributed by atoms with Gasteiger partial charge in [0.1, 0.15) is 11.2 Å². The molecule has 49 heavy (non-hydrogen) atoms. The van der Waals surface area contributed by atoms with Crippen molar-refractivity contribution in [2.24, 2.45) is 0 Å². The van der Waals surface area contributed by atoms with Gasteiger partial charge in [-0.05, 0) is 87.6 Å². The van der Waals surface area contributed by atoms with Gasteiger partial charge in [-0.1, -0.05) is 121 Å². The fourth-order valence-electron chi connectivity index (χ4n) is 6.88. The van der Waals surface area contributed by atoms with E-state index in [4.69, 9.17) is 9.90 Å². The number of anilines is 3. The van der Waals surface area contributed by atoms with Crippen molar-refractivity contribution in [2.75, 3.05) is 4.90 Å². The van der Waals surface area contributed by atoms with Crippen LogP contribution in [-0.4, -0.2) is 0 Å². The number of rotatable bonds is 5. The number of thiophene rings is 1. The van der Waals surface area contributed by atoms with Crippen molar-refractivity contribution in [2.45, 2.75) is 0 Å². The number of hydrogen-bond acceptors (Lipinski definition) is 3. The molecule has 0 aliphatic heterocycles. The molecule has 2 heterocycles. The zero-order valence-corrected chi connectivity index (χ0v) is 26.8. The zero-order valence-electron chi connectivity index (χ0n) is 33.0. The number of para-hydroxylation sites is 1. The van der Waals surface area contributed by atoms with E-state index in [0.717, 1.165) is 66.3 Å². The van der Waals surface area contributed by atoms with Crippen LogP contribution in [-0.2, 0) is 0 Å². The van der Waals surface area contributed by atoms with Gasteiger partial charge in [0, 0.05) is 48.0 Å². The molecule has 230 valence electrons. The van der Waals surface area contributed by atoms with Crippen LogP contribution in [0.3, 0.4) is 0 Å². The van der Waals surface area contributed by atoms with Crippen molar-refractivity contribution >= 4 is 81.3 Å². The zero-order chi connectivity index (χ0) is 38.4. The van der Waals surface area contributed by atoms with E-state index in [-0.39, 0.29) is 57.4 Å². The van der Waals surface area contributed by atoms with Crippen LogP contribution in [0.1, 0.15) is 9.60 Å². The van der Waals surface area contributed by atoms with Crippen molar-refractivity contribution < 1.29 is 14.0 Å². The van der Waals surface area contributed by atoms with Gasteiger partial charge in [0.25, 0.3) is 0 Å². The van der Waals surface area contributed by atoms with Gasteiger partial charge in [0.05, 0.1) is 9.60 Å². The molecule has 0 aliphatic rings. The SMILES string of the molecule is [2H]c1c([2H])c([2H])c2c(sc3c([2H])c(N(c4ccc(-c5cccc6ccccc56)cc4)c4ccc(-c5cccc6oc7ccccc7c56)cc4)c([2H])c([2H])c32)c1[2H]. The molecule has 0 unspecified atom stereocenters. The minimum absolute atomic E-state index is 0.0316. The lowest BCUT2D eigenvalue weighted by atomic mass is 9.97. The third-order valence-electron chi connectivity index (χ3n) is 9.16. The predicted molar refractivity (Wildman–Crippen MR) is 210 cm³/mol. The Balaban J connectivity index is 1.18. The van der Waals surface area contributed by atoms with Crippen molar-refractivity contribution in [1.29, 1.82) is 0 Å². The fraction of sp³-hybridized carbons (Fsp3) is 0. The minimum atomic E-state index is -0.407. The highest BCUT2D eigenvalue weighted by atomic mass is 32.1. The molecule has 0 saturated carbocycles. The summed E-state index contributed by atoms with van der Waals surface area (Å²) in [5.74, 6) is 0. The highest BCUT2D eigenvalue weighted by Crippen LogP contribution is 2.43. The van der Waals surface area contributed by atoms with Crippen LogP contribution in [0.15, 0.2) is 180 Å². The van der Waals surface area contributed by atoms with E-state index in [9.17, 15) is 4.11 Å². The Morgan fingerprint density at radius 2 is 1.10 bits per heavy atom. The van der Waals surface area contributed by atoms with Crippen molar-refractivity contribution in [3.05, 3.63) is 176 Å².